The van der Waals surface area contributed by atoms with E-state index in [-0.39, 0.29) is 11.8 Å². The molecule has 158 valence electrons. The number of hydrogen-bond donors (Lipinski definition) is 1. The normalized spacial score (nSPS) is 13.9. The lowest BCUT2D eigenvalue weighted by atomic mass is 10.1. The molecule has 0 spiro atoms. The van der Waals surface area contributed by atoms with Crippen LogP contribution in [0.3, 0.4) is 0 Å². The van der Waals surface area contributed by atoms with Gasteiger partial charge in [0, 0.05) is 35.7 Å². The van der Waals surface area contributed by atoms with Gasteiger partial charge in [0.2, 0.25) is 0 Å². The van der Waals surface area contributed by atoms with Crippen LogP contribution in [0.5, 0.6) is 0 Å². The van der Waals surface area contributed by atoms with Gasteiger partial charge in [-0.25, -0.2) is 4.90 Å². The second-order valence-electron chi connectivity index (χ2n) is 7.74. The largest absolute Gasteiger partial charge is 0.378 e. The quantitative estimate of drug-likeness (QED) is 0.425. The number of nitrogens with one attached hydrogen (secondary N) is 1. The maximum atomic E-state index is 13.6. The van der Waals surface area contributed by atoms with Crippen molar-refractivity contribution in [3.05, 3.63) is 94.8 Å². The third-order valence-corrected chi connectivity index (χ3v) is 6.41. The van der Waals surface area contributed by atoms with Gasteiger partial charge >= 0.3 is 0 Å². The van der Waals surface area contributed by atoms with Gasteiger partial charge in [0.15, 0.2) is 0 Å². The first-order valence-corrected chi connectivity index (χ1v) is 11.1. The van der Waals surface area contributed by atoms with E-state index in [1.54, 1.807) is 12.1 Å². The fraction of sp³-hybridized carbons (Fsp3) is 0.0769. The van der Waals surface area contributed by atoms with Crippen molar-refractivity contribution in [1.29, 1.82) is 0 Å². The molecule has 2 heterocycles. The highest BCUT2D eigenvalue weighted by Gasteiger charge is 2.40. The van der Waals surface area contributed by atoms with Gasteiger partial charge in [-0.15, -0.1) is 11.3 Å². The molecular weight excluding hydrogens is 418 g/mol. The molecule has 0 saturated carbocycles. The highest BCUT2D eigenvalue weighted by Crippen LogP contribution is 2.37. The Bertz CT molecular complexity index is 1350. The number of anilines is 3. The van der Waals surface area contributed by atoms with E-state index in [0.717, 1.165) is 27.0 Å². The molecule has 3 aromatic carbocycles. The lowest BCUT2D eigenvalue weighted by molar-refractivity contribution is -0.120. The van der Waals surface area contributed by atoms with E-state index >= 15 is 0 Å². The fourth-order valence-corrected chi connectivity index (χ4v) is 4.67. The molecule has 1 aliphatic rings. The molecule has 0 radical (unpaired) electrons. The van der Waals surface area contributed by atoms with Crippen LogP contribution in [-0.2, 0) is 9.59 Å². The molecule has 1 aliphatic heterocycles. The standard InChI is InChI=1S/C26H21N3O2S/c1-28(2)18-12-14-19(15-13-18)29-25(30)23(22-11-6-16-32-22)24(26(29)31)27-21-10-5-8-17-7-3-4-9-20(17)21/h3-16,27H,1-2H3. The summed E-state index contributed by atoms with van der Waals surface area (Å²) in [6.07, 6.45) is 0. The lowest BCUT2D eigenvalue weighted by Crippen LogP contribution is -2.32. The zero-order valence-electron chi connectivity index (χ0n) is 17.7. The third-order valence-electron chi connectivity index (χ3n) is 5.53. The monoisotopic (exact) mass is 439 g/mol. The molecule has 32 heavy (non-hydrogen) atoms. The zero-order chi connectivity index (χ0) is 22.2. The van der Waals surface area contributed by atoms with Crippen molar-refractivity contribution in [2.24, 2.45) is 0 Å². The zero-order valence-corrected chi connectivity index (χ0v) is 18.5. The van der Waals surface area contributed by atoms with Gasteiger partial charge in [0.05, 0.1) is 11.3 Å². The van der Waals surface area contributed by atoms with Crippen LogP contribution in [0, 0.1) is 0 Å². The Morgan fingerprint density at radius 1 is 0.812 bits per heavy atom. The van der Waals surface area contributed by atoms with Gasteiger partial charge in [0.1, 0.15) is 5.70 Å². The number of rotatable bonds is 5. The number of fused-ring (bicyclic) bond motifs is 1. The van der Waals surface area contributed by atoms with E-state index in [9.17, 15) is 9.59 Å². The summed E-state index contributed by atoms with van der Waals surface area (Å²) < 4.78 is 0. The molecule has 1 N–H and O–H groups in total. The summed E-state index contributed by atoms with van der Waals surface area (Å²) >= 11 is 1.44. The Morgan fingerprint density at radius 2 is 1.56 bits per heavy atom. The summed E-state index contributed by atoms with van der Waals surface area (Å²) in [5.41, 5.74) is 3.03. The third kappa shape index (κ3) is 3.35. The Hall–Kier alpha value is -3.90. The van der Waals surface area contributed by atoms with Crippen LogP contribution < -0.4 is 15.1 Å². The molecule has 0 aliphatic carbocycles. The Balaban J connectivity index is 1.60. The average Bonchev–Trinajstić information content (AvgIpc) is 3.41. The summed E-state index contributed by atoms with van der Waals surface area (Å²) in [6.45, 7) is 0. The number of nitrogens with zero attached hydrogens (tertiary/aromatic N) is 2. The highest BCUT2D eigenvalue weighted by atomic mass is 32.1. The van der Waals surface area contributed by atoms with Gasteiger partial charge in [0.25, 0.3) is 11.8 Å². The Kier molecular flexibility index (Phi) is 4.99. The van der Waals surface area contributed by atoms with Crippen molar-refractivity contribution < 1.29 is 9.59 Å². The molecule has 5 rings (SSSR count). The first kappa shape index (κ1) is 20.0. The minimum Gasteiger partial charge on any atom is -0.378 e. The van der Waals surface area contributed by atoms with Gasteiger partial charge in [-0.1, -0.05) is 42.5 Å². The number of carbonyl (C=O) groups is 2. The van der Waals surface area contributed by atoms with Gasteiger partial charge < -0.3 is 10.2 Å². The first-order chi connectivity index (χ1) is 15.5. The van der Waals surface area contributed by atoms with Crippen molar-refractivity contribution in [2.45, 2.75) is 0 Å². The van der Waals surface area contributed by atoms with Gasteiger partial charge in [-0.05, 0) is 47.2 Å². The highest BCUT2D eigenvalue weighted by molar-refractivity contribution is 7.11. The van der Waals surface area contributed by atoms with Crippen LogP contribution in [0.4, 0.5) is 17.1 Å². The molecular formula is C26H21N3O2S. The molecule has 1 aromatic heterocycles. The van der Waals surface area contributed by atoms with E-state index in [4.69, 9.17) is 0 Å². The number of hydrogen-bond acceptors (Lipinski definition) is 5. The van der Waals surface area contributed by atoms with Crippen LogP contribution in [0.1, 0.15) is 4.88 Å². The van der Waals surface area contributed by atoms with Crippen LogP contribution >= 0.6 is 11.3 Å². The van der Waals surface area contributed by atoms with Gasteiger partial charge in [-0.3, -0.25) is 9.59 Å². The SMILES string of the molecule is CN(C)c1ccc(N2C(=O)C(Nc3cccc4ccccc34)=C(c3cccs3)C2=O)cc1. The predicted octanol–water partition coefficient (Wildman–Crippen LogP) is 5.36. The van der Waals surface area contributed by atoms with Crippen molar-refractivity contribution in [3.63, 3.8) is 0 Å². The second-order valence-corrected chi connectivity index (χ2v) is 8.68. The fourth-order valence-electron chi connectivity index (χ4n) is 3.90. The van der Waals surface area contributed by atoms with Crippen molar-refractivity contribution in [2.75, 3.05) is 29.2 Å². The predicted molar refractivity (Wildman–Crippen MR) is 132 cm³/mol. The van der Waals surface area contributed by atoms with Crippen molar-refractivity contribution in [3.8, 4) is 0 Å². The Labute approximate surface area is 190 Å². The van der Waals surface area contributed by atoms with Crippen molar-refractivity contribution >= 4 is 56.6 Å². The molecule has 0 unspecified atom stereocenters. The molecule has 5 nitrogen and oxygen atoms in total. The van der Waals surface area contributed by atoms with E-state index < -0.39 is 0 Å². The lowest BCUT2D eigenvalue weighted by Gasteiger charge is -2.18. The molecule has 2 amide bonds. The first-order valence-electron chi connectivity index (χ1n) is 10.2. The maximum absolute atomic E-state index is 13.6. The summed E-state index contributed by atoms with van der Waals surface area (Å²) in [5.74, 6) is -0.679. The topological polar surface area (TPSA) is 52.6 Å². The number of amides is 2. The van der Waals surface area contributed by atoms with Crippen molar-refractivity contribution in [1.82, 2.24) is 0 Å². The van der Waals surface area contributed by atoms with Crippen LogP contribution in [0.2, 0.25) is 0 Å². The summed E-state index contributed by atoms with van der Waals surface area (Å²) in [7, 11) is 3.90. The smallest absolute Gasteiger partial charge is 0.282 e. The van der Waals surface area contributed by atoms with E-state index in [2.05, 4.69) is 5.32 Å². The molecule has 0 saturated heterocycles. The number of benzene rings is 3. The molecule has 4 aromatic rings. The van der Waals surface area contributed by atoms with E-state index in [1.807, 2.05) is 91.1 Å². The minimum atomic E-state index is -0.357. The minimum absolute atomic E-state index is 0.297. The molecule has 6 heteroatoms. The number of carbonyl (C=O) groups excluding carboxylic acids is 2. The summed E-state index contributed by atoms with van der Waals surface area (Å²) in [4.78, 5) is 31.0. The van der Waals surface area contributed by atoms with Crippen LogP contribution in [0.25, 0.3) is 16.3 Å². The summed E-state index contributed by atoms with van der Waals surface area (Å²) in [6, 6.07) is 25.0. The Morgan fingerprint density at radius 3 is 2.28 bits per heavy atom. The summed E-state index contributed by atoms with van der Waals surface area (Å²) in [5, 5.41) is 7.25. The average molecular weight is 440 g/mol. The number of thiophene rings is 1. The molecule has 0 fully saturated rings. The molecule has 0 bridgehead atoms. The van der Waals surface area contributed by atoms with E-state index in [0.29, 0.717) is 17.0 Å². The second kappa shape index (κ2) is 7.98. The maximum Gasteiger partial charge on any atom is 0.282 e. The van der Waals surface area contributed by atoms with Gasteiger partial charge in [-0.2, -0.15) is 0 Å². The van der Waals surface area contributed by atoms with E-state index in [1.165, 1.54) is 16.2 Å². The molecule has 0 atom stereocenters. The number of imide groups is 1. The van der Waals surface area contributed by atoms with Crippen LogP contribution in [0.15, 0.2) is 89.9 Å². The van der Waals surface area contributed by atoms with Crippen LogP contribution in [-0.4, -0.2) is 25.9 Å².